The summed E-state index contributed by atoms with van der Waals surface area (Å²) in [4.78, 5) is 24.9. The van der Waals surface area contributed by atoms with Crippen molar-refractivity contribution in [2.24, 2.45) is 0 Å². The Morgan fingerprint density at radius 3 is 2.35 bits per heavy atom. The summed E-state index contributed by atoms with van der Waals surface area (Å²) in [5.74, 6) is -0.417. The molecule has 0 bridgehead atoms. The molecule has 1 unspecified atom stereocenters. The second kappa shape index (κ2) is 7.75. The number of amides is 2. The van der Waals surface area contributed by atoms with Gasteiger partial charge in [0.25, 0.3) is 0 Å². The van der Waals surface area contributed by atoms with Gasteiger partial charge in [-0.15, -0.1) is 11.6 Å². The van der Waals surface area contributed by atoms with Crippen molar-refractivity contribution in [1.82, 2.24) is 5.32 Å². The molecule has 0 saturated heterocycles. The van der Waals surface area contributed by atoms with E-state index in [1.54, 1.807) is 6.92 Å². The smallest absolute Gasteiger partial charge is 0.237 e. The molecule has 0 aromatic heterocycles. The molecule has 2 N–H and O–H groups in total. The standard InChI is InChI=1S/C14H20ClN3O2/c1-10(15)14(20)16-9-8-13(19)17-11-4-6-12(7-5-11)18(2)3/h4-7,10H,8-9H2,1-3H3,(H,16,20)(H,17,19). The molecule has 5 nitrogen and oxygen atoms in total. The van der Waals surface area contributed by atoms with Crippen molar-refractivity contribution in [2.45, 2.75) is 18.7 Å². The van der Waals surface area contributed by atoms with Crippen molar-refractivity contribution in [3.8, 4) is 0 Å². The second-order valence-corrected chi connectivity index (χ2v) is 5.30. The molecule has 0 heterocycles. The lowest BCUT2D eigenvalue weighted by molar-refractivity contribution is -0.120. The van der Waals surface area contributed by atoms with Crippen LogP contribution in [0.3, 0.4) is 0 Å². The first-order chi connectivity index (χ1) is 9.40. The van der Waals surface area contributed by atoms with E-state index in [-0.39, 0.29) is 24.8 Å². The van der Waals surface area contributed by atoms with Crippen LogP contribution in [0.5, 0.6) is 0 Å². The van der Waals surface area contributed by atoms with Crippen molar-refractivity contribution in [1.29, 1.82) is 0 Å². The zero-order valence-electron chi connectivity index (χ0n) is 11.9. The summed E-state index contributed by atoms with van der Waals surface area (Å²) in [5, 5.41) is 4.77. The molecule has 0 saturated carbocycles. The fourth-order valence-corrected chi connectivity index (χ4v) is 1.58. The maximum Gasteiger partial charge on any atom is 0.237 e. The van der Waals surface area contributed by atoms with Gasteiger partial charge in [0.1, 0.15) is 5.38 Å². The van der Waals surface area contributed by atoms with Gasteiger partial charge < -0.3 is 15.5 Å². The number of benzene rings is 1. The molecular weight excluding hydrogens is 278 g/mol. The Morgan fingerprint density at radius 1 is 1.25 bits per heavy atom. The molecular formula is C14H20ClN3O2. The number of nitrogens with zero attached hydrogens (tertiary/aromatic N) is 1. The molecule has 0 fully saturated rings. The fraction of sp³-hybridized carbons (Fsp3) is 0.429. The highest BCUT2D eigenvalue weighted by atomic mass is 35.5. The average molecular weight is 298 g/mol. The molecule has 1 aromatic rings. The Labute approximate surface area is 124 Å². The topological polar surface area (TPSA) is 61.4 Å². The highest BCUT2D eigenvalue weighted by Crippen LogP contribution is 2.15. The zero-order valence-corrected chi connectivity index (χ0v) is 12.7. The quantitative estimate of drug-likeness (QED) is 0.788. The van der Waals surface area contributed by atoms with Crippen molar-refractivity contribution in [2.75, 3.05) is 30.9 Å². The van der Waals surface area contributed by atoms with Gasteiger partial charge in [-0.2, -0.15) is 0 Å². The van der Waals surface area contributed by atoms with E-state index in [1.165, 1.54) is 0 Å². The number of carbonyl (C=O) groups excluding carboxylic acids is 2. The molecule has 1 aromatic carbocycles. The van der Waals surface area contributed by atoms with Crippen molar-refractivity contribution < 1.29 is 9.59 Å². The number of halogens is 1. The van der Waals surface area contributed by atoms with Gasteiger partial charge in [0, 0.05) is 38.4 Å². The number of anilines is 2. The number of hydrogen-bond acceptors (Lipinski definition) is 3. The van der Waals surface area contributed by atoms with E-state index >= 15 is 0 Å². The molecule has 0 spiro atoms. The highest BCUT2D eigenvalue weighted by Gasteiger charge is 2.09. The van der Waals surface area contributed by atoms with E-state index in [9.17, 15) is 9.59 Å². The minimum atomic E-state index is -0.586. The molecule has 110 valence electrons. The third-order valence-electron chi connectivity index (χ3n) is 2.68. The average Bonchev–Trinajstić information content (AvgIpc) is 2.39. The Morgan fingerprint density at radius 2 is 1.85 bits per heavy atom. The Balaban J connectivity index is 2.37. The first-order valence-corrected chi connectivity index (χ1v) is 6.83. The second-order valence-electron chi connectivity index (χ2n) is 4.65. The SMILES string of the molecule is CC(Cl)C(=O)NCCC(=O)Nc1ccc(N(C)C)cc1. The van der Waals surface area contributed by atoms with Crippen LogP contribution in [0.15, 0.2) is 24.3 Å². The third kappa shape index (κ3) is 5.48. The number of carbonyl (C=O) groups is 2. The number of alkyl halides is 1. The van der Waals surface area contributed by atoms with Crippen molar-refractivity contribution >= 4 is 34.8 Å². The van der Waals surface area contributed by atoms with E-state index in [0.29, 0.717) is 0 Å². The summed E-state index contributed by atoms with van der Waals surface area (Å²) in [6, 6.07) is 7.53. The van der Waals surface area contributed by atoms with Crippen LogP contribution in [0.25, 0.3) is 0 Å². The van der Waals surface area contributed by atoms with Crippen molar-refractivity contribution in [3.63, 3.8) is 0 Å². The van der Waals surface area contributed by atoms with E-state index in [2.05, 4.69) is 10.6 Å². The minimum absolute atomic E-state index is 0.148. The minimum Gasteiger partial charge on any atom is -0.378 e. The number of nitrogens with one attached hydrogen (secondary N) is 2. The molecule has 1 rings (SSSR count). The largest absolute Gasteiger partial charge is 0.378 e. The van der Waals surface area contributed by atoms with Crippen LogP contribution in [0.2, 0.25) is 0 Å². The summed E-state index contributed by atoms with van der Waals surface area (Å²) >= 11 is 5.60. The summed E-state index contributed by atoms with van der Waals surface area (Å²) in [6.45, 7) is 1.86. The van der Waals surface area contributed by atoms with Gasteiger partial charge in [0.05, 0.1) is 0 Å². The van der Waals surface area contributed by atoms with Crippen LogP contribution < -0.4 is 15.5 Å². The highest BCUT2D eigenvalue weighted by molar-refractivity contribution is 6.30. The van der Waals surface area contributed by atoms with Gasteiger partial charge in [0.2, 0.25) is 11.8 Å². The van der Waals surface area contributed by atoms with E-state index in [4.69, 9.17) is 11.6 Å². The molecule has 0 aliphatic heterocycles. The molecule has 20 heavy (non-hydrogen) atoms. The molecule has 1 atom stereocenters. The lowest BCUT2D eigenvalue weighted by Crippen LogP contribution is -2.32. The third-order valence-corrected chi connectivity index (χ3v) is 2.88. The molecule has 0 aliphatic rings. The summed E-state index contributed by atoms with van der Waals surface area (Å²) in [6.07, 6.45) is 0.213. The van der Waals surface area contributed by atoms with Crippen LogP contribution in [-0.2, 0) is 9.59 Å². The van der Waals surface area contributed by atoms with Crippen LogP contribution in [0, 0.1) is 0 Å². The first-order valence-electron chi connectivity index (χ1n) is 6.39. The van der Waals surface area contributed by atoms with Gasteiger partial charge >= 0.3 is 0 Å². The summed E-state index contributed by atoms with van der Waals surface area (Å²) < 4.78 is 0. The van der Waals surface area contributed by atoms with Crippen LogP contribution >= 0.6 is 11.6 Å². The van der Waals surface area contributed by atoms with E-state index in [0.717, 1.165) is 11.4 Å². The molecule has 0 radical (unpaired) electrons. The normalized spacial score (nSPS) is 11.6. The predicted octanol–water partition coefficient (Wildman–Crippen LogP) is 1.82. The monoisotopic (exact) mass is 297 g/mol. The fourth-order valence-electron chi connectivity index (χ4n) is 1.51. The lowest BCUT2D eigenvalue weighted by atomic mass is 10.2. The maximum absolute atomic E-state index is 11.7. The van der Waals surface area contributed by atoms with Gasteiger partial charge in [-0.1, -0.05) is 0 Å². The molecule has 0 aliphatic carbocycles. The van der Waals surface area contributed by atoms with Gasteiger partial charge in [-0.3, -0.25) is 9.59 Å². The van der Waals surface area contributed by atoms with E-state index < -0.39 is 5.38 Å². The van der Waals surface area contributed by atoms with Gasteiger partial charge in [-0.05, 0) is 31.2 Å². The van der Waals surface area contributed by atoms with E-state index in [1.807, 2.05) is 43.3 Å². The summed E-state index contributed by atoms with van der Waals surface area (Å²) in [7, 11) is 3.91. The maximum atomic E-state index is 11.7. The van der Waals surface area contributed by atoms with Crippen LogP contribution in [0.4, 0.5) is 11.4 Å². The summed E-state index contributed by atoms with van der Waals surface area (Å²) in [5.41, 5.74) is 1.80. The number of rotatable bonds is 6. The Kier molecular flexibility index (Phi) is 6.31. The van der Waals surface area contributed by atoms with Crippen molar-refractivity contribution in [3.05, 3.63) is 24.3 Å². The zero-order chi connectivity index (χ0) is 15.1. The molecule has 2 amide bonds. The van der Waals surface area contributed by atoms with Crippen LogP contribution in [0.1, 0.15) is 13.3 Å². The van der Waals surface area contributed by atoms with Gasteiger partial charge in [0.15, 0.2) is 0 Å². The van der Waals surface area contributed by atoms with Crippen LogP contribution in [-0.4, -0.2) is 37.8 Å². The Hall–Kier alpha value is -1.75. The first kappa shape index (κ1) is 16.3. The lowest BCUT2D eigenvalue weighted by Gasteiger charge is -2.13. The predicted molar refractivity (Wildman–Crippen MR) is 82.3 cm³/mol. The molecule has 6 heteroatoms. The Bertz CT molecular complexity index is 458. The van der Waals surface area contributed by atoms with Gasteiger partial charge in [-0.25, -0.2) is 0 Å². The number of hydrogen-bond donors (Lipinski definition) is 2.